The molecule has 0 radical (unpaired) electrons. The summed E-state index contributed by atoms with van der Waals surface area (Å²) in [6, 6.07) is 6.92. The Morgan fingerprint density at radius 1 is 1.35 bits per heavy atom. The van der Waals surface area contributed by atoms with Gasteiger partial charge in [-0.3, -0.25) is 4.79 Å². The van der Waals surface area contributed by atoms with Crippen LogP contribution in [0.4, 0.5) is 10.5 Å². The topological polar surface area (TPSA) is 78.4 Å². The molecule has 0 bridgehead atoms. The second-order valence-electron chi connectivity index (χ2n) is 4.14. The molecule has 90 valence electrons. The highest BCUT2D eigenvalue weighted by molar-refractivity contribution is 5.89. The molecule has 0 heterocycles. The van der Waals surface area contributed by atoms with Crippen molar-refractivity contribution in [1.82, 2.24) is 5.32 Å². The molecule has 1 aromatic carbocycles. The molecule has 1 fully saturated rings. The van der Waals surface area contributed by atoms with Gasteiger partial charge in [-0.05, 0) is 30.5 Å². The average molecular weight is 234 g/mol. The first-order valence-electron chi connectivity index (χ1n) is 5.52. The van der Waals surface area contributed by atoms with Gasteiger partial charge in [0.15, 0.2) is 0 Å². The monoisotopic (exact) mass is 234 g/mol. The number of carboxylic acids is 1. The highest BCUT2D eigenvalue weighted by Crippen LogP contribution is 2.19. The zero-order valence-corrected chi connectivity index (χ0v) is 9.27. The quantitative estimate of drug-likeness (QED) is 0.740. The molecule has 3 N–H and O–H groups in total. The summed E-state index contributed by atoms with van der Waals surface area (Å²) in [6.07, 6.45) is 2.03. The second kappa shape index (κ2) is 4.86. The van der Waals surface area contributed by atoms with Crippen LogP contribution in [-0.2, 0) is 11.2 Å². The molecular formula is C12H14N2O3. The maximum atomic E-state index is 11.5. The van der Waals surface area contributed by atoms with Gasteiger partial charge in [0.25, 0.3) is 0 Å². The van der Waals surface area contributed by atoms with Gasteiger partial charge in [0.1, 0.15) is 0 Å². The Labute approximate surface area is 98.8 Å². The number of amides is 2. The summed E-state index contributed by atoms with van der Waals surface area (Å²) in [5, 5.41) is 14.1. The van der Waals surface area contributed by atoms with Gasteiger partial charge in [-0.25, -0.2) is 4.79 Å². The van der Waals surface area contributed by atoms with Crippen molar-refractivity contribution in [1.29, 1.82) is 0 Å². The normalized spacial score (nSPS) is 14.1. The van der Waals surface area contributed by atoms with Crippen molar-refractivity contribution in [2.24, 2.45) is 0 Å². The summed E-state index contributed by atoms with van der Waals surface area (Å²) < 4.78 is 0. The molecule has 1 aliphatic rings. The first-order valence-corrected chi connectivity index (χ1v) is 5.52. The number of benzene rings is 1. The van der Waals surface area contributed by atoms with E-state index in [0.717, 1.165) is 12.8 Å². The van der Waals surface area contributed by atoms with E-state index in [1.165, 1.54) is 0 Å². The summed E-state index contributed by atoms with van der Waals surface area (Å²) in [5.74, 6) is -0.885. The fourth-order valence-corrected chi connectivity index (χ4v) is 1.51. The number of rotatable bonds is 4. The van der Waals surface area contributed by atoms with Gasteiger partial charge in [0.2, 0.25) is 0 Å². The van der Waals surface area contributed by atoms with Gasteiger partial charge in [0, 0.05) is 11.7 Å². The van der Waals surface area contributed by atoms with Crippen LogP contribution in [0.25, 0.3) is 0 Å². The predicted octanol–water partition coefficient (Wildman–Crippen LogP) is 1.60. The number of hydrogen-bond donors (Lipinski definition) is 3. The van der Waals surface area contributed by atoms with E-state index in [4.69, 9.17) is 5.11 Å². The molecule has 0 atom stereocenters. The number of carbonyl (C=O) groups excluding carboxylic acids is 1. The number of hydrogen-bond acceptors (Lipinski definition) is 2. The van der Waals surface area contributed by atoms with Crippen LogP contribution in [-0.4, -0.2) is 23.1 Å². The molecule has 2 rings (SSSR count). The van der Waals surface area contributed by atoms with E-state index in [2.05, 4.69) is 10.6 Å². The van der Waals surface area contributed by atoms with Crippen molar-refractivity contribution >= 4 is 17.7 Å². The fourth-order valence-electron chi connectivity index (χ4n) is 1.51. The molecule has 0 spiro atoms. The summed E-state index contributed by atoms with van der Waals surface area (Å²) in [7, 11) is 0. The lowest BCUT2D eigenvalue weighted by Crippen LogP contribution is -2.30. The smallest absolute Gasteiger partial charge is 0.319 e. The van der Waals surface area contributed by atoms with Crippen molar-refractivity contribution in [3.05, 3.63) is 29.8 Å². The molecule has 5 nitrogen and oxygen atoms in total. The Bertz CT molecular complexity index is 441. The molecule has 5 heteroatoms. The van der Waals surface area contributed by atoms with Gasteiger partial charge in [0.05, 0.1) is 6.42 Å². The Kier molecular flexibility index (Phi) is 3.27. The SMILES string of the molecule is O=C(O)Cc1cccc(NC(=O)NC2CC2)c1. The number of nitrogens with one attached hydrogen (secondary N) is 2. The third-order valence-corrected chi connectivity index (χ3v) is 2.45. The molecule has 0 aliphatic heterocycles. The molecule has 0 aromatic heterocycles. The van der Waals surface area contributed by atoms with E-state index in [-0.39, 0.29) is 12.5 Å². The van der Waals surface area contributed by atoms with E-state index in [0.29, 0.717) is 17.3 Å². The van der Waals surface area contributed by atoms with Crippen LogP contribution in [0.5, 0.6) is 0 Å². The molecule has 0 saturated heterocycles. The third-order valence-electron chi connectivity index (χ3n) is 2.45. The number of anilines is 1. The lowest BCUT2D eigenvalue weighted by molar-refractivity contribution is -0.136. The van der Waals surface area contributed by atoms with Crippen molar-refractivity contribution in [3.8, 4) is 0 Å². The van der Waals surface area contributed by atoms with Crippen LogP contribution in [0, 0.1) is 0 Å². The van der Waals surface area contributed by atoms with E-state index >= 15 is 0 Å². The number of aliphatic carboxylic acids is 1. The molecule has 1 saturated carbocycles. The van der Waals surface area contributed by atoms with Crippen LogP contribution in [0.2, 0.25) is 0 Å². The van der Waals surface area contributed by atoms with Crippen LogP contribution in [0.3, 0.4) is 0 Å². The van der Waals surface area contributed by atoms with E-state index < -0.39 is 5.97 Å². The first-order chi connectivity index (χ1) is 8.13. The van der Waals surface area contributed by atoms with Crippen LogP contribution in [0.15, 0.2) is 24.3 Å². The third kappa shape index (κ3) is 3.79. The van der Waals surface area contributed by atoms with Crippen molar-refractivity contribution in [2.75, 3.05) is 5.32 Å². The largest absolute Gasteiger partial charge is 0.481 e. The predicted molar refractivity (Wildman–Crippen MR) is 63.0 cm³/mol. The Hall–Kier alpha value is -2.04. The molecule has 1 aliphatic carbocycles. The second-order valence-corrected chi connectivity index (χ2v) is 4.14. The van der Waals surface area contributed by atoms with Gasteiger partial charge in [-0.1, -0.05) is 12.1 Å². The van der Waals surface area contributed by atoms with Gasteiger partial charge >= 0.3 is 12.0 Å². The number of urea groups is 1. The lowest BCUT2D eigenvalue weighted by Gasteiger charge is -2.07. The Morgan fingerprint density at radius 2 is 2.12 bits per heavy atom. The Morgan fingerprint density at radius 3 is 2.76 bits per heavy atom. The van der Waals surface area contributed by atoms with Crippen molar-refractivity contribution in [3.63, 3.8) is 0 Å². The molecule has 17 heavy (non-hydrogen) atoms. The highest BCUT2D eigenvalue weighted by atomic mass is 16.4. The van der Waals surface area contributed by atoms with Crippen LogP contribution < -0.4 is 10.6 Å². The van der Waals surface area contributed by atoms with E-state index in [1.807, 2.05) is 0 Å². The lowest BCUT2D eigenvalue weighted by atomic mass is 10.1. The van der Waals surface area contributed by atoms with Gasteiger partial charge in [-0.15, -0.1) is 0 Å². The maximum absolute atomic E-state index is 11.5. The van der Waals surface area contributed by atoms with Crippen molar-refractivity contribution < 1.29 is 14.7 Å². The number of carbonyl (C=O) groups is 2. The molecular weight excluding hydrogens is 220 g/mol. The zero-order chi connectivity index (χ0) is 12.3. The van der Waals surface area contributed by atoms with Gasteiger partial charge < -0.3 is 15.7 Å². The zero-order valence-electron chi connectivity index (χ0n) is 9.27. The number of carboxylic acid groups (broad SMARTS) is 1. The Balaban J connectivity index is 1.94. The van der Waals surface area contributed by atoms with E-state index in [9.17, 15) is 9.59 Å². The summed E-state index contributed by atoms with van der Waals surface area (Å²) >= 11 is 0. The summed E-state index contributed by atoms with van der Waals surface area (Å²) in [5.41, 5.74) is 1.28. The minimum atomic E-state index is -0.885. The summed E-state index contributed by atoms with van der Waals surface area (Å²) in [6.45, 7) is 0. The standard InChI is InChI=1S/C12H14N2O3/c15-11(16)7-8-2-1-3-10(6-8)14-12(17)13-9-4-5-9/h1-3,6,9H,4-5,7H2,(H,15,16)(H2,13,14,17). The molecule has 2 amide bonds. The first kappa shape index (κ1) is 11.4. The van der Waals surface area contributed by atoms with Crippen LogP contribution >= 0.6 is 0 Å². The minimum absolute atomic E-state index is 0.0419. The highest BCUT2D eigenvalue weighted by Gasteiger charge is 2.23. The fraction of sp³-hybridized carbons (Fsp3) is 0.333. The molecule has 0 unspecified atom stereocenters. The summed E-state index contributed by atoms with van der Waals surface area (Å²) in [4.78, 5) is 22.0. The van der Waals surface area contributed by atoms with Crippen LogP contribution in [0.1, 0.15) is 18.4 Å². The molecule has 1 aromatic rings. The minimum Gasteiger partial charge on any atom is -0.481 e. The van der Waals surface area contributed by atoms with Gasteiger partial charge in [-0.2, -0.15) is 0 Å². The van der Waals surface area contributed by atoms with E-state index in [1.54, 1.807) is 24.3 Å². The maximum Gasteiger partial charge on any atom is 0.319 e. The average Bonchev–Trinajstić information content (AvgIpc) is 3.00. The van der Waals surface area contributed by atoms with Crippen molar-refractivity contribution in [2.45, 2.75) is 25.3 Å².